The maximum atomic E-state index is 13.2. The molecule has 1 saturated heterocycles. The third-order valence-electron chi connectivity index (χ3n) is 15.3. The van der Waals surface area contributed by atoms with Gasteiger partial charge in [0.15, 0.2) is 24.6 Å². The summed E-state index contributed by atoms with van der Waals surface area (Å²) < 4.78 is 28.6. The molecule has 6 unspecified atom stereocenters. The van der Waals surface area contributed by atoms with Crippen LogP contribution >= 0.6 is 0 Å². The number of carboxylic acid groups (broad SMARTS) is 1. The molecule has 0 aliphatic carbocycles. The second-order valence-electron chi connectivity index (χ2n) is 23.1. The number of aliphatic hydroxyl groups is 2. The van der Waals surface area contributed by atoms with Crippen LogP contribution in [0.15, 0.2) is 72.9 Å². The topological polar surface area (TPSA) is 175 Å². The van der Waals surface area contributed by atoms with E-state index < -0.39 is 67.3 Å². The molecular weight excluding hydrogens is 1040 g/mol. The SMILES string of the molecule is CC/C=C\C/C=C\C/C=C\C/C=C\CCCCCCC(=O)OCC(COC1OC(C(=O)O)C(O)C(O)C1OC(=O)CCCCCCCCCCCCCCCCCCCCC)OC(=O)CCCCCCCCC/C=C\C/C=C\CCCCC. The van der Waals surface area contributed by atoms with E-state index in [9.17, 15) is 34.5 Å². The maximum Gasteiger partial charge on any atom is 0.335 e. The number of aliphatic carboxylic acids is 1. The summed E-state index contributed by atoms with van der Waals surface area (Å²) in [5.74, 6) is -3.14. The van der Waals surface area contributed by atoms with Crippen LogP contribution in [0.1, 0.15) is 303 Å². The average molecular weight is 1170 g/mol. The molecule has 83 heavy (non-hydrogen) atoms. The lowest BCUT2D eigenvalue weighted by molar-refractivity contribution is -0.301. The van der Waals surface area contributed by atoms with Crippen LogP contribution in [-0.2, 0) is 42.9 Å². The molecule has 1 aliphatic rings. The highest BCUT2D eigenvalue weighted by Gasteiger charge is 2.50. The Kier molecular flexibility index (Phi) is 54.4. The summed E-state index contributed by atoms with van der Waals surface area (Å²) in [5.41, 5.74) is 0. The molecule has 0 aromatic heterocycles. The maximum absolute atomic E-state index is 13.2. The number of aliphatic hydroxyl groups excluding tert-OH is 2. The fourth-order valence-corrected chi connectivity index (χ4v) is 10.1. The number of allylic oxidation sites excluding steroid dienone is 12. The highest BCUT2D eigenvalue weighted by atomic mass is 16.7. The fraction of sp³-hybridized carbons (Fsp3) is 0.775. The summed E-state index contributed by atoms with van der Waals surface area (Å²) in [6, 6.07) is 0. The molecular formula is C71H122O12. The zero-order valence-corrected chi connectivity index (χ0v) is 52.9. The third kappa shape index (κ3) is 48.0. The Morgan fingerprint density at radius 2 is 0.759 bits per heavy atom. The van der Waals surface area contributed by atoms with Crippen LogP contribution in [0.4, 0.5) is 0 Å². The Hall–Kier alpha value is -3.84. The molecule has 1 heterocycles. The first-order valence-electron chi connectivity index (χ1n) is 33.9. The number of rotatable bonds is 58. The van der Waals surface area contributed by atoms with Crippen molar-refractivity contribution in [3.63, 3.8) is 0 Å². The molecule has 0 radical (unpaired) electrons. The van der Waals surface area contributed by atoms with Crippen molar-refractivity contribution in [3.05, 3.63) is 72.9 Å². The number of unbranched alkanes of at least 4 members (excludes halogenated alkanes) is 32. The highest BCUT2D eigenvalue weighted by molar-refractivity contribution is 5.74. The van der Waals surface area contributed by atoms with Gasteiger partial charge in [0.1, 0.15) is 18.8 Å². The van der Waals surface area contributed by atoms with E-state index in [1.165, 1.54) is 122 Å². The van der Waals surface area contributed by atoms with Crippen molar-refractivity contribution in [1.82, 2.24) is 0 Å². The van der Waals surface area contributed by atoms with E-state index in [4.69, 9.17) is 23.7 Å². The number of carbonyl (C=O) groups excluding carboxylic acids is 3. The Morgan fingerprint density at radius 3 is 1.18 bits per heavy atom. The molecule has 0 amide bonds. The minimum atomic E-state index is -1.91. The molecule has 0 aromatic rings. The van der Waals surface area contributed by atoms with Gasteiger partial charge in [-0.1, -0.05) is 267 Å². The average Bonchev–Trinajstić information content (AvgIpc) is 3.58. The molecule has 0 saturated carbocycles. The van der Waals surface area contributed by atoms with Crippen molar-refractivity contribution >= 4 is 23.9 Å². The first kappa shape index (κ1) is 77.2. The van der Waals surface area contributed by atoms with Crippen molar-refractivity contribution in [1.29, 1.82) is 0 Å². The lowest BCUT2D eigenvalue weighted by atomic mass is 9.98. The number of hydrogen-bond donors (Lipinski definition) is 3. The summed E-state index contributed by atoms with van der Waals surface area (Å²) in [7, 11) is 0. The number of carbonyl (C=O) groups is 4. The van der Waals surface area contributed by atoms with Gasteiger partial charge in [-0.05, 0) is 89.9 Å². The number of esters is 3. The molecule has 478 valence electrons. The summed E-state index contributed by atoms with van der Waals surface area (Å²) in [6.07, 6.45) is 62.8. The first-order valence-corrected chi connectivity index (χ1v) is 33.9. The molecule has 0 aromatic carbocycles. The quantitative estimate of drug-likeness (QED) is 0.0228. The van der Waals surface area contributed by atoms with Crippen LogP contribution in [0.3, 0.4) is 0 Å². The minimum Gasteiger partial charge on any atom is -0.479 e. The monoisotopic (exact) mass is 1170 g/mol. The minimum absolute atomic E-state index is 0.0594. The second kappa shape index (κ2) is 58.5. The van der Waals surface area contributed by atoms with E-state index in [0.717, 1.165) is 122 Å². The molecule has 1 fully saturated rings. The van der Waals surface area contributed by atoms with Gasteiger partial charge in [0, 0.05) is 19.3 Å². The van der Waals surface area contributed by atoms with Gasteiger partial charge in [0.25, 0.3) is 0 Å². The summed E-state index contributed by atoms with van der Waals surface area (Å²) in [5, 5.41) is 31.6. The molecule has 0 bridgehead atoms. The van der Waals surface area contributed by atoms with E-state index in [1.54, 1.807) is 0 Å². The van der Waals surface area contributed by atoms with Gasteiger partial charge in [-0.3, -0.25) is 14.4 Å². The van der Waals surface area contributed by atoms with Crippen LogP contribution < -0.4 is 0 Å². The Balaban J connectivity index is 2.65. The van der Waals surface area contributed by atoms with Gasteiger partial charge in [-0.25, -0.2) is 4.79 Å². The van der Waals surface area contributed by atoms with Crippen LogP contribution in [0.5, 0.6) is 0 Å². The zero-order chi connectivity index (χ0) is 60.3. The van der Waals surface area contributed by atoms with E-state index in [0.29, 0.717) is 19.3 Å². The van der Waals surface area contributed by atoms with E-state index in [-0.39, 0.29) is 25.9 Å². The van der Waals surface area contributed by atoms with Gasteiger partial charge < -0.3 is 39.0 Å². The van der Waals surface area contributed by atoms with Gasteiger partial charge in [-0.2, -0.15) is 0 Å². The van der Waals surface area contributed by atoms with Crippen LogP contribution in [0.2, 0.25) is 0 Å². The number of carboxylic acids is 1. The zero-order valence-electron chi connectivity index (χ0n) is 52.9. The van der Waals surface area contributed by atoms with Gasteiger partial charge in [-0.15, -0.1) is 0 Å². The molecule has 12 nitrogen and oxygen atoms in total. The predicted octanol–water partition coefficient (Wildman–Crippen LogP) is 18.5. The second-order valence-corrected chi connectivity index (χ2v) is 23.1. The first-order chi connectivity index (χ1) is 40.6. The van der Waals surface area contributed by atoms with Gasteiger partial charge >= 0.3 is 23.9 Å². The Morgan fingerprint density at radius 1 is 0.410 bits per heavy atom. The summed E-state index contributed by atoms with van der Waals surface area (Å²) in [4.78, 5) is 51.4. The predicted molar refractivity (Wildman–Crippen MR) is 340 cm³/mol. The molecule has 1 aliphatic heterocycles. The Bertz CT molecular complexity index is 1720. The molecule has 3 N–H and O–H groups in total. The van der Waals surface area contributed by atoms with Crippen molar-refractivity contribution in [2.24, 2.45) is 0 Å². The molecule has 12 heteroatoms. The third-order valence-corrected chi connectivity index (χ3v) is 15.3. The van der Waals surface area contributed by atoms with Crippen molar-refractivity contribution < 1.29 is 58.2 Å². The fourth-order valence-electron chi connectivity index (χ4n) is 10.1. The van der Waals surface area contributed by atoms with Crippen molar-refractivity contribution in [2.45, 2.75) is 340 Å². The van der Waals surface area contributed by atoms with Crippen molar-refractivity contribution in [3.8, 4) is 0 Å². The Labute approximate surface area is 506 Å². The van der Waals surface area contributed by atoms with E-state index in [1.807, 2.05) is 0 Å². The van der Waals surface area contributed by atoms with Gasteiger partial charge in [0.05, 0.1) is 6.61 Å². The van der Waals surface area contributed by atoms with E-state index in [2.05, 4.69) is 93.7 Å². The highest BCUT2D eigenvalue weighted by Crippen LogP contribution is 2.27. The summed E-state index contributed by atoms with van der Waals surface area (Å²) >= 11 is 0. The van der Waals surface area contributed by atoms with Crippen molar-refractivity contribution in [2.75, 3.05) is 13.2 Å². The molecule has 0 spiro atoms. The number of hydrogen-bond acceptors (Lipinski definition) is 11. The molecule has 1 rings (SSSR count). The van der Waals surface area contributed by atoms with Crippen LogP contribution in [0, 0.1) is 0 Å². The largest absolute Gasteiger partial charge is 0.479 e. The van der Waals surface area contributed by atoms with E-state index >= 15 is 0 Å². The van der Waals surface area contributed by atoms with Crippen LogP contribution in [0.25, 0.3) is 0 Å². The summed E-state index contributed by atoms with van der Waals surface area (Å²) in [6.45, 7) is 5.88. The van der Waals surface area contributed by atoms with Gasteiger partial charge in [0.2, 0.25) is 0 Å². The molecule has 6 atom stereocenters. The number of ether oxygens (including phenoxy) is 5. The normalized spacial score (nSPS) is 18.0. The lowest BCUT2D eigenvalue weighted by Gasteiger charge is -2.40. The van der Waals surface area contributed by atoms with Crippen LogP contribution in [-0.4, -0.2) is 89.2 Å². The standard InChI is InChI=1S/C71H122O12/c1-4-7-10-13-16-19-22-25-28-31-32-35-38-41-44-47-50-53-56-59-65(74)82-69-67(76)66(75)68(70(77)78)83-71(69)80-61-62(81-64(73)58-55-52-49-46-43-40-37-34-30-27-24-21-18-15-12-9-6-3)60-79-63(72)57-54-51-48-45-42-39-36-33-29-26-23-20-17-14-11-8-5-2/h8,11,17-18,20-21,26-27,29-30,36,39,62,66-69,71,75-76H,4-7,9-10,12-16,19,22-25,28,31-35,37-38,40-61H2,1-3H3,(H,77,78)/b11-8-,20-17-,21-18-,29-26-,30-27-,39-36-. The lowest BCUT2D eigenvalue weighted by Crippen LogP contribution is -2.61. The smallest absolute Gasteiger partial charge is 0.335 e.